The van der Waals surface area contributed by atoms with Crippen LogP contribution in [-0.2, 0) is 31.1 Å². The molecule has 6 aliphatic carbocycles. The van der Waals surface area contributed by atoms with Gasteiger partial charge in [-0.2, -0.15) is 0 Å². The molecule has 6 aliphatic rings. The van der Waals surface area contributed by atoms with E-state index in [4.69, 9.17) is 0 Å². The van der Waals surface area contributed by atoms with Crippen LogP contribution in [0.1, 0.15) is 107 Å². The molecule has 0 saturated heterocycles. The molecule has 1 nitrogen and oxygen atoms in total. The van der Waals surface area contributed by atoms with E-state index in [0.29, 0.717) is 0 Å². The van der Waals surface area contributed by atoms with Crippen LogP contribution in [0.2, 0.25) is 0 Å². The second-order valence-electron chi connectivity index (χ2n) is 19.5. The van der Waals surface area contributed by atoms with E-state index < -0.39 is 10.8 Å². The lowest BCUT2D eigenvalue weighted by molar-refractivity contribution is 0.00906. The largest absolute Gasteiger partial charge is 0.289 e. The molecule has 0 bridgehead atoms. The third kappa shape index (κ3) is 4.86. The van der Waals surface area contributed by atoms with Crippen LogP contribution in [0.5, 0.6) is 0 Å². The predicted octanol–water partition coefficient (Wildman–Crippen LogP) is 14.4. The van der Waals surface area contributed by atoms with Gasteiger partial charge in [-0.05, 0) is 133 Å². The lowest BCUT2D eigenvalue weighted by atomic mass is 9.35. The van der Waals surface area contributed by atoms with Gasteiger partial charge >= 0.3 is 0 Å². The first-order chi connectivity index (χ1) is 32.2. The summed E-state index contributed by atoms with van der Waals surface area (Å²) in [6.45, 7) is 0. The highest BCUT2D eigenvalue weighted by Crippen LogP contribution is 2.76. The van der Waals surface area contributed by atoms with Crippen molar-refractivity contribution >= 4 is 11.9 Å². The Kier molecular flexibility index (Phi) is 8.01. The summed E-state index contributed by atoms with van der Waals surface area (Å²) in [6.07, 6.45) is 14.9. The first-order valence-electron chi connectivity index (χ1n) is 23.8. The number of fused-ring (bicyclic) bond motifs is 10. The molecule has 6 atom stereocenters. The van der Waals surface area contributed by atoms with E-state index in [-0.39, 0.29) is 29.5 Å². The molecule has 0 amide bonds. The summed E-state index contributed by atoms with van der Waals surface area (Å²) in [5.74, 6) is 0.523. The van der Waals surface area contributed by atoms with Crippen molar-refractivity contribution in [3.05, 3.63) is 278 Å². The van der Waals surface area contributed by atoms with Crippen LogP contribution in [0.15, 0.2) is 200 Å². The molecule has 6 unspecified atom stereocenters. The lowest BCUT2D eigenvalue weighted by Crippen LogP contribution is -2.62. The highest BCUT2D eigenvalue weighted by atomic mass is 16.1. The van der Waals surface area contributed by atoms with E-state index in [9.17, 15) is 0 Å². The van der Waals surface area contributed by atoms with Crippen molar-refractivity contribution < 1.29 is 4.79 Å². The van der Waals surface area contributed by atoms with Gasteiger partial charge in [0.15, 0.2) is 5.78 Å². The van der Waals surface area contributed by atoms with Gasteiger partial charge in [0, 0.05) is 28.4 Å². The van der Waals surface area contributed by atoms with Gasteiger partial charge in [-0.1, -0.05) is 206 Å². The van der Waals surface area contributed by atoms with E-state index in [2.05, 4.69) is 200 Å². The van der Waals surface area contributed by atoms with E-state index in [1.54, 1.807) is 0 Å². The van der Waals surface area contributed by atoms with Crippen LogP contribution >= 0.6 is 0 Å². The summed E-state index contributed by atoms with van der Waals surface area (Å²) in [6, 6.07) is 69.1. The molecule has 1 heteroatoms. The maximum absolute atomic E-state index is 15.8. The summed E-state index contributed by atoms with van der Waals surface area (Å²) < 4.78 is 0. The van der Waals surface area contributed by atoms with Crippen molar-refractivity contribution in [2.24, 2.45) is 11.3 Å². The van der Waals surface area contributed by atoms with Crippen LogP contribution in [0.25, 0.3) is 28.3 Å². The quantitative estimate of drug-likeness (QED) is 0.158. The number of carbonyl (C=O) groups is 1. The molecule has 0 saturated carbocycles. The molecule has 0 aromatic heterocycles. The highest BCUT2D eigenvalue weighted by molar-refractivity contribution is 6.23. The minimum atomic E-state index is -0.824. The zero-order chi connectivity index (χ0) is 42.9. The molecule has 0 aliphatic heterocycles. The van der Waals surface area contributed by atoms with Gasteiger partial charge in [0.05, 0.1) is 5.41 Å². The van der Waals surface area contributed by atoms with E-state index in [1.165, 1.54) is 72.3 Å². The topological polar surface area (TPSA) is 17.1 Å². The smallest absolute Gasteiger partial charge is 0.194 e. The number of aryl methyl sites for hydroxylation is 1. The number of allylic oxidation sites excluding steroid dienone is 3. The zero-order valence-electron chi connectivity index (χ0n) is 36.4. The molecule has 0 fully saturated rings. The molecular weight excluding hydrogens is 785 g/mol. The Balaban J connectivity index is 1.24. The number of hydrogen-bond acceptors (Lipinski definition) is 1. The van der Waals surface area contributed by atoms with Gasteiger partial charge in [-0.3, -0.25) is 4.79 Å². The molecule has 0 N–H and O–H groups in total. The van der Waals surface area contributed by atoms with E-state index in [1.807, 2.05) is 6.07 Å². The standard InChI is InChI=1S/C64H48O/c65-62-53-27-11-10-26-50(53)52-29-15-33-59(61(52)62)63(57-32-14-28-49-46-23-7-4-19-43(46)38-54(49)57)55-30-12-5-20-44(55)39-60(51-36-34-41-17-1-6-22-45(41)51)64(63,58-37-35-42-18-3-9-25-48(42)58)56-31-13-21-40-16-2-8-24-47(40)56/h1-20,22-34,36,51,56,58,60H,21,35,37-39H2. The fourth-order valence-corrected chi connectivity index (χ4v) is 15.0. The normalized spacial score (nSPS) is 24.6. The van der Waals surface area contributed by atoms with Crippen LogP contribution in [-0.4, -0.2) is 5.78 Å². The van der Waals surface area contributed by atoms with Crippen molar-refractivity contribution in [1.29, 1.82) is 0 Å². The maximum atomic E-state index is 15.8. The third-order valence-corrected chi connectivity index (χ3v) is 17.1. The summed E-state index contributed by atoms with van der Waals surface area (Å²) >= 11 is 0. The number of hydrogen-bond donors (Lipinski definition) is 0. The molecule has 8 aromatic rings. The Morgan fingerprint density at radius 3 is 1.97 bits per heavy atom. The highest BCUT2D eigenvalue weighted by Gasteiger charge is 2.70. The van der Waals surface area contributed by atoms with Gasteiger partial charge in [0.1, 0.15) is 0 Å². The van der Waals surface area contributed by atoms with Crippen molar-refractivity contribution in [3.63, 3.8) is 0 Å². The monoisotopic (exact) mass is 832 g/mol. The maximum Gasteiger partial charge on any atom is 0.194 e. The molecule has 0 radical (unpaired) electrons. The second-order valence-corrected chi connectivity index (χ2v) is 19.5. The summed E-state index contributed by atoms with van der Waals surface area (Å²) in [5, 5.41) is 0. The molecule has 310 valence electrons. The number of rotatable bonds is 5. The number of ketones is 1. The first kappa shape index (κ1) is 37.3. The van der Waals surface area contributed by atoms with Crippen molar-refractivity contribution in [3.8, 4) is 22.3 Å². The number of carbonyl (C=O) groups excluding carboxylic acids is 1. The van der Waals surface area contributed by atoms with E-state index in [0.717, 1.165) is 59.9 Å². The third-order valence-electron chi connectivity index (χ3n) is 17.1. The minimum Gasteiger partial charge on any atom is -0.289 e. The SMILES string of the molecule is O=C1c2ccccc2-c2cccc(C3(c4cccc5c4Cc4ccccc4-5)c4ccccc4CC(C4C=Cc5ccccc54)C3(C3C=CCc4ccccc43)C3CCc4ccccc43)c21. The molecule has 8 aromatic carbocycles. The Morgan fingerprint density at radius 2 is 1.11 bits per heavy atom. The Morgan fingerprint density at radius 1 is 0.477 bits per heavy atom. The fourth-order valence-electron chi connectivity index (χ4n) is 15.0. The lowest BCUT2D eigenvalue weighted by Gasteiger charge is -2.66. The predicted molar refractivity (Wildman–Crippen MR) is 264 cm³/mol. The average Bonchev–Trinajstić information content (AvgIpc) is 4.16. The summed E-state index contributed by atoms with van der Waals surface area (Å²) in [5.41, 5.74) is 21.6. The first-order valence-corrected chi connectivity index (χ1v) is 23.8. The fraction of sp³-hybridized carbons (Fsp3) is 0.172. The summed E-state index contributed by atoms with van der Waals surface area (Å²) in [7, 11) is 0. The molecule has 0 heterocycles. The van der Waals surface area contributed by atoms with Gasteiger partial charge in [-0.25, -0.2) is 0 Å². The number of benzene rings is 8. The van der Waals surface area contributed by atoms with Crippen LogP contribution < -0.4 is 0 Å². The summed E-state index contributed by atoms with van der Waals surface area (Å²) in [4.78, 5) is 15.8. The van der Waals surface area contributed by atoms with Crippen molar-refractivity contribution in [2.75, 3.05) is 0 Å². The zero-order valence-corrected chi connectivity index (χ0v) is 36.4. The van der Waals surface area contributed by atoms with Gasteiger partial charge < -0.3 is 0 Å². The molecule has 0 spiro atoms. The van der Waals surface area contributed by atoms with Gasteiger partial charge in [0.25, 0.3) is 0 Å². The van der Waals surface area contributed by atoms with Crippen LogP contribution in [0, 0.1) is 11.3 Å². The molecule has 65 heavy (non-hydrogen) atoms. The minimum absolute atomic E-state index is 0.00232. The van der Waals surface area contributed by atoms with E-state index >= 15 is 4.79 Å². The average molecular weight is 833 g/mol. The molecular formula is C64H48O. The van der Waals surface area contributed by atoms with Crippen LogP contribution in [0.3, 0.4) is 0 Å². The molecule has 14 rings (SSSR count). The van der Waals surface area contributed by atoms with Gasteiger partial charge in [-0.15, -0.1) is 0 Å². The van der Waals surface area contributed by atoms with Crippen LogP contribution in [0.4, 0.5) is 0 Å². The second kappa shape index (κ2) is 14.0. The Hall–Kier alpha value is -7.09. The van der Waals surface area contributed by atoms with Crippen molar-refractivity contribution in [1.82, 2.24) is 0 Å². The Labute approximate surface area is 381 Å². The van der Waals surface area contributed by atoms with Gasteiger partial charge in [0.2, 0.25) is 0 Å². The van der Waals surface area contributed by atoms with Crippen molar-refractivity contribution in [2.45, 2.75) is 55.3 Å². The Bertz CT molecular complexity index is 3380.